The summed E-state index contributed by atoms with van der Waals surface area (Å²) in [6, 6.07) is 0. The number of aromatic amines is 2. The van der Waals surface area contributed by atoms with Gasteiger partial charge in [-0.1, -0.05) is 20.4 Å². The molecule has 8 heteroatoms. The Morgan fingerprint density at radius 3 is 2.45 bits per heavy atom. The molecular formula is C14H18N2O5S. The van der Waals surface area contributed by atoms with Crippen molar-refractivity contribution in [2.75, 3.05) is 13.2 Å². The molecule has 0 spiro atoms. The standard InChI is InChI=1S/C14H18N2O5S/c1-8(2)11(18)20-6-14(3,4)7-21-12(19)9-5-15-13(22)16-10(9)17/h5H,1,6-7H2,2-4H3,(H2,15,16,17,22). The van der Waals surface area contributed by atoms with E-state index in [4.69, 9.17) is 21.7 Å². The molecule has 2 N–H and O–H groups in total. The molecule has 120 valence electrons. The molecule has 0 amide bonds. The van der Waals surface area contributed by atoms with Crippen molar-refractivity contribution >= 4 is 24.2 Å². The van der Waals surface area contributed by atoms with Gasteiger partial charge in [0.15, 0.2) is 4.77 Å². The Bertz CT molecular complexity index is 702. The summed E-state index contributed by atoms with van der Waals surface area (Å²) in [5, 5.41) is 0. The molecule has 0 saturated carbocycles. The average Bonchev–Trinajstić information content (AvgIpc) is 2.42. The molecule has 0 aromatic carbocycles. The van der Waals surface area contributed by atoms with Gasteiger partial charge in [-0.2, -0.15) is 0 Å². The molecule has 0 fully saturated rings. The van der Waals surface area contributed by atoms with Crippen LogP contribution in [-0.2, 0) is 14.3 Å². The third-order valence-corrected chi connectivity index (χ3v) is 2.80. The summed E-state index contributed by atoms with van der Waals surface area (Å²) in [6.07, 6.45) is 1.19. The van der Waals surface area contributed by atoms with Crippen LogP contribution in [0, 0.1) is 10.2 Å². The molecule has 22 heavy (non-hydrogen) atoms. The van der Waals surface area contributed by atoms with Crippen molar-refractivity contribution in [3.63, 3.8) is 0 Å². The normalized spacial score (nSPS) is 10.9. The number of hydrogen-bond donors (Lipinski definition) is 2. The molecule has 0 aliphatic carbocycles. The van der Waals surface area contributed by atoms with Crippen molar-refractivity contribution in [3.05, 3.63) is 39.0 Å². The van der Waals surface area contributed by atoms with E-state index in [9.17, 15) is 14.4 Å². The zero-order valence-corrected chi connectivity index (χ0v) is 13.5. The first-order valence-corrected chi connectivity index (χ1v) is 6.85. The number of carbonyl (C=O) groups is 2. The van der Waals surface area contributed by atoms with E-state index in [1.165, 1.54) is 6.20 Å². The maximum absolute atomic E-state index is 11.9. The van der Waals surface area contributed by atoms with Crippen LogP contribution in [0.4, 0.5) is 0 Å². The van der Waals surface area contributed by atoms with Gasteiger partial charge in [0, 0.05) is 17.2 Å². The Kier molecular flexibility index (Phi) is 5.81. The second kappa shape index (κ2) is 7.17. The number of esters is 2. The number of rotatable bonds is 6. The largest absolute Gasteiger partial charge is 0.462 e. The molecule has 0 saturated heterocycles. The SMILES string of the molecule is C=C(C)C(=O)OCC(C)(C)COC(=O)c1c[nH]c(=S)[nH]c1=O. The molecule has 1 aromatic rings. The first-order valence-electron chi connectivity index (χ1n) is 6.44. The zero-order chi connectivity index (χ0) is 16.9. The monoisotopic (exact) mass is 326 g/mol. The van der Waals surface area contributed by atoms with Gasteiger partial charge in [0.1, 0.15) is 5.56 Å². The van der Waals surface area contributed by atoms with E-state index >= 15 is 0 Å². The second-order valence-electron chi connectivity index (χ2n) is 5.58. The van der Waals surface area contributed by atoms with E-state index in [1.807, 2.05) is 0 Å². The molecule has 0 atom stereocenters. The highest BCUT2D eigenvalue weighted by Gasteiger charge is 2.24. The summed E-state index contributed by atoms with van der Waals surface area (Å²) < 4.78 is 10.2. The Balaban J connectivity index is 2.62. The number of aromatic nitrogens is 2. The van der Waals surface area contributed by atoms with E-state index in [1.54, 1.807) is 20.8 Å². The minimum atomic E-state index is -0.785. The molecule has 0 unspecified atom stereocenters. The molecular weight excluding hydrogens is 308 g/mol. The lowest BCUT2D eigenvalue weighted by Crippen LogP contribution is -2.30. The Morgan fingerprint density at radius 2 is 1.91 bits per heavy atom. The van der Waals surface area contributed by atoms with E-state index < -0.39 is 22.9 Å². The van der Waals surface area contributed by atoms with E-state index in [2.05, 4.69) is 16.5 Å². The number of carbonyl (C=O) groups excluding carboxylic acids is 2. The fourth-order valence-electron chi connectivity index (χ4n) is 1.33. The summed E-state index contributed by atoms with van der Waals surface area (Å²) in [7, 11) is 0. The summed E-state index contributed by atoms with van der Waals surface area (Å²) in [5.74, 6) is -1.29. The van der Waals surface area contributed by atoms with Crippen molar-refractivity contribution < 1.29 is 19.1 Å². The van der Waals surface area contributed by atoms with Crippen molar-refractivity contribution in [2.45, 2.75) is 20.8 Å². The molecule has 7 nitrogen and oxygen atoms in total. The van der Waals surface area contributed by atoms with Crippen LogP contribution in [0.5, 0.6) is 0 Å². The van der Waals surface area contributed by atoms with Crippen LogP contribution >= 0.6 is 12.2 Å². The van der Waals surface area contributed by atoms with Crippen LogP contribution in [0.15, 0.2) is 23.1 Å². The average molecular weight is 326 g/mol. The van der Waals surface area contributed by atoms with Crippen LogP contribution in [0.1, 0.15) is 31.1 Å². The van der Waals surface area contributed by atoms with Gasteiger partial charge < -0.3 is 14.5 Å². The quantitative estimate of drug-likeness (QED) is 0.469. The molecule has 0 bridgehead atoms. The lowest BCUT2D eigenvalue weighted by atomic mass is 9.96. The zero-order valence-electron chi connectivity index (χ0n) is 12.6. The number of ether oxygens (including phenoxy) is 2. The third kappa shape index (κ3) is 5.28. The van der Waals surface area contributed by atoms with Crippen LogP contribution < -0.4 is 5.56 Å². The molecule has 1 heterocycles. The first kappa shape index (κ1) is 17.8. The highest BCUT2D eigenvalue weighted by atomic mass is 32.1. The van der Waals surface area contributed by atoms with Crippen molar-refractivity contribution in [1.29, 1.82) is 0 Å². The van der Waals surface area contributed by atoms with E-state index in [0.717, 1.165) is 0 Å². The van der Waals surface area contributed by atoms with Crippen LogP contribution in [0.2, 0.25) is 0 Å². The molecule has 1 aromatic heterocycles. The predicted octanol–water partition coefficient (Wildman–Crippen LogP) is 1.73. The van der Waals surface area contributed by atoms with Gasteiger partial charge in [-0.3, -0.25) is 9.78 Å². The fraction of sp³-hybridized carbons (Fsp3) is 0.429. The van der Waals surface area contributed by atoms with E-state index in [-0.39, 0.29) is 23.5 Å². The van der Waals surface area contributed by atoms with Crippen molar-refractivity contribution in [3.8, 4) is 0 Å². The smallest absolute Gasteiger partial charge is 0.345 e. The van der Waals surface area contributed by atoms with Gasteiger partial charge in [-0.15, -0.1) is 0 Å². The van der Waals surface area contributed by atoms with Gasteiger partial charge in [-0.05, 0) is 19.1 Å². The van der Waals surface area contributed by atoms with Crippen LogP contribution in [-0.4, -0.2) is 35.1 Å². The highest BCUT2D eigenvalue weighted by Crippen LogP contribution is 2.17. The Labute approximate surface area is 132 Å². The minimum absolute atomic E-state index is 0.0234. The Morgan fingerprint density at radius 1 is 1.32 bits per heavy atom. The second-order valence-corrected chi connectivity index (χ2v) is 5.99. The van der Waals surface area contributed by atoms with Crippen LogP contribution in [0.25, 0.3) is 0 Å². The van der Waals surface area contributed by atoms with Gasteiger partial charge in [-0.25, -0.2) is 9.59 Å². The van der Waals surface area contributed by atoms with Gasteiger partial charge in [0.2, 0.25) is 0 Å². The summed E-state index contributed by atoms with van der Waals surface area (Å²) in [5.41, 5.74) is -1.11. The Hall–Kier alpha value is -2.22. The fourth-order valence-corrected chi connectivity index (χ4v) is 1.48. The maximum Gasteiger partial charge on any atom is 0.345 e. The van der Waals surface area contributed by atoms with Gasteiger partial charge in [0.25, 0.3) is 5.56 Å². The van der Waals surface area contributed by atoms with Crippen molar-refractivity contribution in [1.82, 2.24) is 9.97 Å². The first-order chi connectivity index (χ1) is 10.1. The molecule has 0 aliphatic heterocycles. The predicted molar refractivity (Wildman–Crippen MR) is 82.1 cm³/mol. The highest BCUT2D eigenvalue weighted by molar-refractivity contribution is 7.71. The molecule has 0 radical (unpaired) electrons. The topological polar surface area (TPSA) is 101 Å². The minimum Gasteiger partial charge on any atom is -0.462 e. The summed E-state index contributed by atoms with van der Waals surface area (Å²) >= 11 is 4.73. The van der Waals surface area contributed by atoms with Gasteiger partial charge >= 0.3 is 11.9 Å². The molecule has 1 rings (SSSR count). The third-order valence-electron chi connectivity index (χ3n) is 2.58. The number of H-pyrrole nitrogens is 2. The maximum atomic E-state index is 11.9. The van der Waals surface area contributed by atoms with Crippen molar-refractivity contribution in [2.24, 2.45) is 5.41 Å². The molecule has 0 aliphatic rings. The van der Waals surface area contributed by atoms with Gasteiger partial charge in [0.05, 0.1) is 13.2 Å². The summed E-state index contributed by atoms with van der Waals surface area (Å²) in [6.45, 7) is 8.57. The number of nitrogens with one attached hydrogen (secondary N) is 2. The van der Waals surface area contributed by atoms with Crippen LogP contribution in [0.3, 0.4) is 0 Å². The summed E-state index contributed by atoms with van der Waals surface area (Å²) in [4.78, 5) is 39.6. The lowest BCUT2D eigenvalue weighted by Gasteiger charge is -2.23. The lowest BCUT2D eigenvalue weighted by molar-refractivity contribution is -0.142. The van der Waals surface area contributed by atoms with E-state index in [0.29, 0.717) is 5.57 Å². The number of hydrogen-bond acceptors (Lipinski definition) is 6.